The molecule has 1 aliphatic heterocycles. The van der Waals surface area contributed by atoms with Crippen molar-refractivity contribution >= 4 is 11.6 Å². The van der Waals surface area contributed by atoms with Crippen LogP contribution in [0.25, 0.3) is 0 Å². The highest BCUT2D eigenvalue weighted by molar-refractivity contribution is 5.91. The first-order valence-electron chi connectivity index (χ1n) is 6.77. The molecule has 4 heteroatoms. The number of anilines is 1. The second kappa shape index (κ2) is 7.24. The molecule has 1 N–H and O–H groups in total. The number of quaternary nitrogens is 1. The molecule has 0 bridgehead atoms. The Bertz CT molecular complexity index is 411. The molecular weight excluding hydrogens is 351 g/mol. The van der Waals surface area contributed by atoms with Crippen molar-refractivity contribution in [1.82, 2.24) is 0 Å². The summed E-state index contributed by atoms with van der Waals surface area (Å²) in [6.45, 7) is 4.89. The highest BCUT2D eigenvalue weighted by Gasteiger charge is 2.27. The molecule has 1 aromatic rings. The first-order chi connectivity index (χ1) is 8.57. The molecule has 0 unspecified atom stereocenters. The minimum absolute atomic E-state index is 0. The second-order valence-corrected chi connectivity index (χ2v) is 5.70. The quantitative estimate of drug-likeness (QED) is 0.565. The number of rotatable bonds is 3. The number of aryl methyl sites for hydroxylation is 1. The number of carbonyl (C=O) groups is 1. The predicted octanol–water partition coefficient (Wildman–Crippen LogP) is -0.432. The van der Waals surface area contributed by atoms with Crippen LogP contribution >= 0.6 is 0 Å². The van der Waals surface area contributed by atoms with Crippen molar-refractivity contribution < 1.29 is 33.3 Å². The van der Waals surface area contributed by atoms with Gasteiger partial charge in [-0.2, -0.15) is 0 Å². The fourth-order valence-corrected chi connectivity index (χ4v) is 2.62. The molecule has 1 fully saturated rings. The molecule has 1 amide bonds. The number of nitrogens with one attached hydrogen (secondary N) is 1. The molecule has 0 spiro atoms. The lowest BCUT2D eigenvalue weighted by Crippen LogP contribution is -3.00. The molecule has 0 aromatic heterocycles. The molecule has 1 heterocycles. The smallest absolute Gasteiger partial charge is 0.279 e. The number of likely N-dealkylation sites (tertiary alicyclic amines) is 1. The van der Waals surface area contributed by atoms with E-state index in [1.807, 2.05) is 31.2 Å². The van der Waals surface area contributed by atoms with Crippen molar-refractivity contribution in [3.63, 3.8) is 0 Å². The lowest BCUT2D eigenvalue weighted by atomic mass is 10.1. The van der Waals surface area contributed by atoms with E-state index in [1.54, 1.807) is 0 Å². The third kappa shape index (κ3) is 5.10. The maximum atomic E-state index is 12.0. The predicted molar refractivity (Wildman–Crippen MR) is 74.4 cm³/mol. The zero-order valence-electron chi connectivity index (χ0n) is 11.8. The Kier molecular flexibility index (Phi) is 6.26. The maximum Gasteiger partial charge on any atom is 0.279 e. The number of halogens is 1. The standard InChI is InChI=1S/C15H22N2O.HI/c1-13-6-8-14(9-7-13)16-15(18)12-17(2)10-4-3-5-11-17;/h6-9H,3-5,10-12H2,1-2H3;1H. The number of hydrogen-bond donors (Lipinski definition) is 1. The Hall–Kier alpha value is -0.620. The highest BCUT2D eigenvalue weighted by Crippen LogP contribution is 2.16. The van der Waals surface area contributed by atoms with Crippen molar-refractivity contribution in [1.29, 1.82) is 0 Å². The van der Waals surface area contributed by atoms with Crippen LogP contribution < -0.4 is 29.3 Å². The largest absolute Gasteiger partial charge is 1.00 e. The summed E-state index contributed by atoms with van der Waals surface area (Å²) in [6, 6.07) is 7.96. The Morgan fingerprint density at radius 3 is 2.32 bits per heavy atom. The monoisotopic (exact) mass is 374 g/mol. The molecule has 0 radical (unpaired) electrons. The van der Waals surface area contributed by atoms with Gasteiger partial charge >= 0.3 is 0 Å². The maximum absolute atomic E-state index is 12.0. The summed E-state index contributed by atoms with van der Waals surface area (Å²) in [5.41, 5.74) is 2.11. The van der Waals surface area contributed by atoms with Gasteiger partial charge in [-0.15, -0.1) is 0 Å². The molecule has 106 valence electrons. The molecule has 0 saturated carbocycles. The number of amides is 1. The van der Waals surface area contributed by atoms with Crippen LogP contribution in [-0.2, 0) is 4.79 Å². The summed E-state index contributed by atoms with van der Waals surface area (Å²) in [6.07, 6.45) is 3.80. The van der Waals surface area contributed by atoms with E-state index in [4.69, 9.17) is 0 Å². The van der Waals surface area contributed by atoms with Crippen LogP contribution in [0, 0.1) is 6.92 Å². The molecule has 1 saturated heterocycles. The minimum atomic E-state index is 0. The van der Waals surface area contributed by atoms with Crippen LogP contribution in [0.5, 0.6) is 0 Å². The Balaban J connectivity index is 0.00000180. The van der Waals surface area contributed by atoms with Gasteiger partial charge in [-0.25, -0.2) is 0 Å². The van der Waals surface area contributed by atoms with Gasteiger partial charge in [0.2, 0.25) is 0 Å². The van der Waals surface area contributed by atoms with E-state index in [1.165, 1.54) is 24.8 Å². The van der Waals surface area contributed by atoms with Crippen molar-refractivity contribution in [3.8, 4) is 0 Å². The first-order valence-corrected chi connectivity index (χ1v) is 6.77. The molecule has 19 heavy (non-hydrogen) atoms. The van der Waals surface area contributed by atoms with Crippen LogP contribution in [0.2, 0.25) is 0 Å². The van der Waals surface area contributed by atoms with Crippen molar-refractivity contribution in [2.24, 2.45) is 0 Å². The molecule has 0 atom stereocenters. The van der Waals surface area contributed by atoms with Gasteiger partial charge < -0.3 is 33.8 Å². The molecule has 1 aliphatic rings. The van der Waals surface area contributed by atoms with Gasteiger partial charge in [-0.1, -0.05) is 17.7 Å². The topological polar surface area (TPSA) is 29.1 Å². The number of carbonyl (C=O) groups excluding carboxylic acids is 1. The molecule has 1 aromatic carbocycles. The highest BCUT2D eigenvalue weighted by atomic mass is 127. The molecule has 0 aliphatic carbocycles. The van der Waals surface area contributed by atoms with E-state index in [9.17, 15) is 4.79 Å². The van der Waals surface area contributed by atoms with Gasteiger partial charge in [0, 0.05) is 5.69 Å². The van der Waals surface area contributed by atoms with E-state index >= 15 is 0 Å². The average molecular weight is 374 g/mol. The zero-order chi connectivity index (χ0) is 13.0. The summed E-state index contributed by atoms with van der Waals surface area (Å²) in [4.78, 5) is 12.0. The lowest BCUT2D eigenvalue weighted by molar-refractivity contribution is -0.906. The first kappa shape index (κ1) is 16.4. The number of piperidine rings is 1. The van der Waals surface area contributed by atoms with Gasteiger partial charge in [0.25, 0.3) is 5.91 Å². The van der Waals surface area contributed by atoms with Crippen LogP contribution in [-0.4, -0.2) is 37.1 Å². The van der Waals surface area contributed by atoms with E-state index in [-0.39, 0.29) is 29.9 Å². The van der Waals surface area contributed by atoms with E-state index in [0.29, 0.717) is 6.54 Å². The fourth-order valence-electron chi connectivity index (χ4n) is 2.62. The normalized spacial score (nSPS) is 17.4. The summed E-state index contributed by atoms with van der Waals surface area (Å²) in [7, 11) is 2.19. The van der Waals surface area contributed by atoms with Gasteiger partial charge in [0.1, 0.15) is 0 Å². The summed E-state index contributed by atoms with van der Waals surface area (Å²) >= 11 is 0. The van der Waals surface area contributed by atoms with Crippen molar-refractivity contribution in [2.45, 2.75) is 26.2 Å². The van der Waals surface area contributed by atoms with Crippen LogP contribution in [0.3, 0.4) is 0 Å². The summed E-state index contributed by atoms with van der Waals surface area (Å²) in [5.74, 6) is 0.128. The van der Waals surface area contributed by atoms with Crippen molar-refractivity contribution in [3.05, 3.63) is 29.8 Å². The summed E-state index contributed by atoms with van der Waals surface area (Å²) < 4.78 is 0.887. The molecular formula is C15H23IN2O. The van der Waals surface area contributed by atoms with Crippen LogP contribution in [0.4, 0.5) is 5.69 Å². The third-order valence-electron chi connectivity index (χ3n) is 3.76. The number of benzene rings is 1. The fraction of sp³-hybridized carbons (Fsp3) is 0.533. The molecule has 2 rings (SSSR count). The zero-order valence-corrected chi connectivity index (χ0v) is 13.9. The van der Waals surface area contributed by atoms with Gasteiger partial charge in [0.05, 0.1) is 20.1 Å². The minimum Gasteiger partial charge on any atom is -1.00 e. The molecule has 3 nitrogen and oxygen atoms in total. The SMILES string of the molecule is Cc1ccc(NC(=O)C[N+]2(C)CCCCC2)cc1.[I-]. The number of likely N-dealkylation sites (N-methyl/N-ethyl adjacent to an activating group) is 1. The van der Waals surface area contributed by atoms with Crippen LogP contribution in [0.15, 0.2) is 24.3 Å². The van der Waals surface area contributed by atoms with E-state index < -0.39 is 0 Å². The van der Waals surface area contributed by atoms with Gasteiger partial charge in [-0.3, -0.25) is 4.79 Å². The summed E-state index contributed by atoms with van der Waals surface area (Å²) in [5, 5.41) is 2.99. The third-order valence-corrected chi connectivity index (χ3v) is 3.76. The van der Waals surface area contributed by atoms with Crippen LogP contribution in [0.1, 0.15) is 24.8 Å². The Morgan fingerprint density at radius 2 is 1.74 bits per heavy atom. The average Bonchev–Trinajstić information content (AvgIpc) is 2.32. The van der Waals surface area contributed by atoms with E-state index in [0.717, 1.165) is 23.3 Å². The second-order valence-electron chi connectivity index (χ2n) is 5.70. The number of hydrogen-bond acceptors (Lipinski definition) is 1. The van der Waals surface area contributed by atoms with E-state index in [2.05, 4.69) is 12.4 Å². The Morgan fingerprint density at radius 1 is 1.16 bits per heavy atom. The number of nitrogens with zero attached hydrogens (tertiary/aromatic N) is 1. The van der Waals surface area contributed by atoms with Crippen molar-refractivity contribution in [2.75, 3.05) is 32.0 Å². The Labute approximate surface area is 133 Å². The van der Waals surface area contributed by atoms with Gasteiger partial charge in [0.15, 0.2) is 6.54 Å². The lowest BCUT2D eigenvalue weighted by Gasteiger charge is -2.37. The van der Waals surface area contributed by atoms with Gasteiger partial charge in [-0.05, 0) is 38.3 Å².